The number of hydrogen-bond donors (Lipinski definition) is 1. The molecule has 1 saturated heterocycles. The second kappa shape index (κ2) is 9.53. The first-order valence-electron chi connectivity index (χ1n) is 10.2. The third kappa shape index (κ3) is 5.24. The standard InChI is InChI=1S/C24H28N2O2S/c1-19-26-22(17-29-19)16-28-23-9-7-20(8-10-23)15-25-18-24(11-13-27-14-12-24)21-5-3-2-4-6-21/h2-10,17,25H,11-16,18H2,1H3. The Labute approximate surface area is 176 Å². The summed E-state index contributed by atoms with van der Waals surface area (Å²) in [6.45, 7) is 6.01. The summed E-state index contributed by atoms with van der Waals surface area (Å²) in [5.41, 5.74) is 3.82. The van der Waals surface area contributed by atoms with Crippen LogP contribution in [0, 0.1) is 6.92 Å². The highest BCUT2D eigenvalue weighted by Crippen LogP contribution is 2.34. The van der Waals surface area contributed by atoms with Gasteiger partial charge in [-0.3, -0.25) is 0 Å². The maximum Gasteiger partial charge on any atom is 0.131 e. The lowest BCUT2D eigenvalue weighted by atomic mass is 9.74. The second-order valence-corrected chi connectivity index (χ2v) is 8.71. The molecular weight excluding hydrogens is 380 g/mol. The molecule has 1 aliphatic heterocycles. The predicted molar refractivity (Wildman–Crippen MR) is 118 cm³/mol. The molecule has 0 bridgehead atoms. The van der Waals surface area contributed by atoms with Gasteiger partial charge in [0.25, 0.3) is 0 Å². The maximum absolute atomic E-state index is 5.84. The van der Waals surface area contributed by atoms with Gasteiger partial charge in [-0.2, -0.15) is 0 Å². The average molecular weight is 409 g/mol. The molecule has 1 aromatic heterocycles. The molecule has 1 N–H and O–H groups in total. The van der Waals surface area contributed by atoms with Gasteiger partial charge in [0.2, 0.25) is 0 Å². The molecule has 5 heteroatoms. The summed E-state index contributed by atoms with van der Waals surface area (Å²) in [4.78, 5) is 4.43. The minimum absolute atomic E-state index is 0.161. The molecule has 0 saturated carbocycles. The van der Waals surface area contributed by atoms with Crippen LogP contribution < -0.4 is 10.1 Å². The van der Waals surface area contributed by atoms with E-state index < -0.39 is 0 Å². The van der Waals surface area contributed by atoms with Gasteiger partial charge in [-0.15, -0.1) is 11.3 Å². The molecule has 2 heterocycles. The van der Waals surface area contributed by atoms with Crippen LogP contribution in [0.1, 0.15) is 34.7 Å². The van der Waals surface area contributed by atoms with Crippen LogP contribution in [0.25, 0.3) is 0 Å². The van der Waals surface area contributed by atoms with Gasteiger partial charge in [-0.1, -0.05) is 42.5 Å². The Hall–Kier alpha value is -2.21. The van der Waals surface area contributed by atoms with Crippen molar-refractivity contribution in [2.75, 3.05) is 19.8 Å². The van der Waals surface area contributed by atoms with Gasteiger partial charge < -0.3 is 14.8 Å². The van der Waals surface area contributed by atoms with E-state index in [1.807, 2.05) is 24.4 Å². The average Bonchev–Trinajstić information content (AvgIpc) is 3.20. The zero-order chi connectivity index (χ0) is 19.9. The van der Waals surface area contributed by atoms with E-state index in [1.165, 1.54) is 11.1 Å². The molecule has 1 aliphatic rings. The van der Waals surface area contributed by atoms with E-state index in [0.717, 1.165) is 55.6 Å². The first-order chi connectivity index (χ1) is 14.2. The van der Waals surface area contributed by atoms with E-state index in [9.17, 15) is 0 Å². The Balaban J connectivity index is 1.31. The molecule has 4 rings (SSSR count). The minimum atomic E-state index is 0.161. The molecule has 0 amide bonds. The summed E-state index contributed by atoms with van der Waals surface area (Å²) >= 11 is 1.65. The summed E-state index contributed by atoms with van der Waals surface area (Å²) in [5, 5.41) is 6.81. The highest BCUT2D eigenvalue weighted by atomic mass is 32.1. The van der Waals surface area contributed by atoms with E-state index in [0.29, 0.717) is 6.61 Å². The molecule has 1 fully saturated rings. The van der Waals surface area contributed by atoms with Gasteiger partial charge in [-0.05, 0) is 43.0 Å². The van der Waals surface area contributed by atoms with Crippen molar-refractivity contribution >= 4 is 11.3 Å². The fraction of sp³-hybridized carbons (Fsp3) is 0.375. The molecule has 29 heavy (non-hydrogen) atoms. The number of hydrogen-bond acceptors (Lipinski definition) is 5. The summed E-state index contributed by atoms with van der Waals surface area (Å²) in [5.74, 6) is 0.879. The van der Waals surface area contributed by atoms with Crippen molar-refractivity contribution in [2.24, 2.45) is 0 Å². The van der Waals surface area contributed by atoms with Crippen molar-refractivity contribution in [3.8, 4) is 5.75 Å². The van der Waals surface area contributed by atoms with Gasteiger partial charge in [0, 0.05) is 37.1 Å². The molecule has 0 atom stereocenters. The Morgan fingerprint density at radius 2 is 1.83 bits per heavy atom. The lowest BCUT2D eigenvalue weighted by molar-refractivity contribution is 0.0498. The van der Waals surface area contributed by atoms with Crippen molar-refractivity contribution in [1.82, 2.24) is 10.3 Å². The third-order valence-electron chi connectivity index (χ3n) is 5.61. The van der Waals surface area contributed by atoms with Crippen LogP contribution in [-0.4, -0.2) is 24.7 Å². The number of thiazole rings is 1. The van der Waals surface area contributed by atoms with Crippen LogP contribution in [0.5, 0.6) is 5.75 Å². The smallest absolute Gasteiger partial charge is 0.131 e. The Morgan fingerprint density at radius 3 is 2.52 bits per heavy atom. The van der Waals surface area contributed by atoms with Crippen molar-refractivity contribution in [3.63, 3.8) is 0 Å². The molecule has 152 valence electrons. The number of rotatable bonds is 8. The van der Waals surface area contributed by atoms with Crippen LogP contribution >= 0.6 is 11.3 Å². The number of aryl methyl sites for hydroxylation is 1. The van der Waals surface area contributed by atoms with Gasteiger partial charge in [-0.25, -0.2) is 4.98 Å². The van der Waals surface area contributed by atoms with E-state index in [1.54, 1.807) is 11.3 Å². The topological polar surface area (TPSA) is 43.4 Å². The van der Waals surface area contributed by atoms with Crippen LogP contribution in [0.2, 0.25) is 0 Å². The Kier molecular flexibility index (Phi) is 6.60. The minimum Gasteiger partial charge on any atom is -0.487 e. The zero-order valence-electron chi connectivity index (χ0n) is 16.9. The monoisotopic (exact) mass is 408 g/mol. The summed E-state index contributed by atoms with van der Waals surface area (Å²) in [7, 11) is 0. The molecule has 3 aromatic rings. The molecule has 2 aromatic carbocycles. The van der Waals surface area contributed by atoms with Crippen molar-refractivity contribution in [3.05, 3.63) is 81.8 Å². The SMILES string of the molecule is Cc1nc(COc2ccc(CNCC3(c4ccccc4)CCOCC3)cc2)cs1. The first kappa shape index (κ1) is 20.1. The molecule has 0 unspecified atom stereocenters. The molecular formula is C24H28N2O2S. The lowest BCUT2D eigenvalue weighted by Gasteiger charge is -2.38. The molecule has 0 aliphatic carbocycles. The van der Waals surface area contributed by atoms with Gasteiger partial charge in [0.15, 0.2) is 0 Å². The van der Waals surface area contributed by atoms with Crippen molar-refractivity contribution in [1.29, 1.82) is 0 Å². The van der Waals surface area contributed by atoms with E-state index >= 15 is 0 Å². The second-order valence-electron chi connectivity index (χ2n) is 7.65. The number of aromatic nitrogens is 1. The summed E-state index contributed by atoms with van der Waals surface area (Å²) in [6, 6.07) is 19.2. The number of ether oxygens (including phenoxy) is 2. The van der Waals surface area contributed by atoms with E-state index in [4.69, 9.17) is 9.47 Å². The molecule has 0 radical (unpaired) electrons. The lowest BCUT2D eigenvalue weighted by Crippen LogP contribution is -2.42. The number of nitrogens with zero attached hydrogens (tertiary/aromatic N) is 1. The fourth-order valence-corrected chi connectivity index (χ4v) is 4.50. The third-order valence-corrected chi connectivity index (χ3v) is 6.43. The number of benzene rings is 2. The van der Waals surface area contributed by atoms with Crippen LogP contribution in [0.4, 0.5) is 0 Å². The maximum atomic E-state index is 5.84. The molecule has 4 nitrogen and oxygen atoms in total. The Bertz CT molecular complexity index is 887. The zero-order valence-corrected chi connectivity index (χ0v) is 17.7. The van der Waals surface area contributed by atoms with Gasteiger partial charge >= 0.3 is 0 Å². The van der Waals surface area contributed by atoms with Gasteiger partial charge in [0.1, 0.15) is 12.4 Å². The largest absolute Gasteiger partial charge is 0.487 e. The fourth-order valence-electron chi connectivity index (χ4n) is 3.90. The predicted octanol–water partition coefficient (Wildman–Crippen LogP) is 4.87. The molecule has 0 spiro atoms. The normalized spacial score (nSPS) is 15.9. The van der Waals surface area contributed by atoms with Crippen LogP contribution in [0.15, 0.2) is 60.0 Å². The van der Waals surface area contributed by atoms with Crippen molar-refractivity contribution in [2.45, 2.75) is 38.3 Å². The van der Waals surface area contributed by atoms with E-state index in [-0.39, 0.29) is 5.41 Å². The summed E-state index contributed by atoms with van der Waals surface area (Å²) in [6.07, 6.45) is 2.12. The van der Waals surface area contributed by atoms with Crippen molar-refractivity contribution < 1.29 is 9.47 Å². The summed E-state index contributed by atoms with van der Waals surface area (Å²) < 4.78 is 11.5. The van der Waals surface area contributed by atoms with Crippen LogP contribution in [-0.2, 0) is 23.3 Å². The first-order valence-corrected chi connectivity index (χ1v) is 11.1. The van der Waals surface area contributed by atoms with Crippen LogP contribution in [0.3, 0.4) is 0 Å². The highest BCUT2D eigenvalue weighted by molar-refractivity contribution is 7.09. The van der Waals surface area contributed by atoms with E-state index in [2.05, 4.69) is 52.8 Å². The Morgan fingerprint density at radius 1 is 1.07 bits per heavy atom. The van der Waals surface area contributed by atoms with Gasteiger partial charge in [0.05, 0.1) is 10.7 Å². The highest BCUT2D eigenvalue weighted by Gasteiger charge is 2.33. The quantitative estimate of drug-likeness (QED) is 0.578. The number of nitrogens with one attached hydrogen (secondary N) is 1.